The van der Waals surface area contributed by atoms with Crippen molar-refractivity contribution in [2.24, 2.45) is 0 Å². The summed E-state index contributed by atoms with van der Waals surface area (Å²) in [6, 6.07) is 9.11. The Morgan fingerprint density at radius 1 is 1.13 bits per heavy atom. The van der Waals surface area contributed by atoms with Crippen molar-refractivity contribution in [3.63, 3.8) is 0 Å². The first-order valence-corrected chi connectivity index (χ1v) is 6.78. The average Bonchev–Trinajstić information content (AvgIpc) is 2.18. The summed E-state index contributed by atoms with van der Waals surface area (Å²) in [7, 11) is 0. The van der Waals surface area contributed by atoms with Gasteiger partial charge in [0.2, 0.25) is 0 Å². The molecule has 0 radical (unpaired) electrons. The SMILES string of the molecule is CCCc1ccc(C(C)CC(C)Br)cc1. The maximum atomic E-state index is 3.61. The van der Waals surface area contributed by atoms with Gasteiger partial charge >= 0.3 is 0 Å². The third kappa shape index (κ3) is 4.38. The van der Waals surface area contributed by atoms with E-state index >= 15 is 0 Å². The molecule has 2 atom stereocenters. The minimum absolute atomic E-state index is 0.600. The maximum Gasteiger partial charge on any atom is 0.0123 e. The highest BCUT2D eigenvalue weighted by Gasteiger charge is 2.08. The third-order valence-corrected chi connectivity index (χ3v) is 3.14. The van der Waals surface area contributed by atoms with Crippen LogP contribution in [-0.2, 0) is 6.42 Å². The summed E-state index contributed by atoms with van der Waals surface area (Å²) in [4.78, 5) is 0.600. The smallest absolute Gasteiger partial charge is 0.0123 e. The van der Waals surface area contributed by atoms with E-state index in [1.54, 1.807) is 0 Å². The van der Waals surface area contributed by atoms with Crippen molar-refractivity contribution in [1.82, 2.24) is 0 Å². The molecular formula is C14H21Br. The van der Waals surface area contributed by atoms with Crippen molar-refractivity contribution in [3.05, 3.63) is 35.4 Å². The summed E-state index contributed by atoms with van der Waals surface area (Å²) in [6.45, 7) is 6.73. The molecule has 1 aromatic rings. The third-order valence-electron chi connectivity index (χ3n) is 2.77. The van der Waals surface area contributed by atoms with Crippen molar-refractivity contribution >= 4 is 15.9 Å². The number of hydrogen-bond acceptors (Lipinski definition) is 0. The molecule has 15 heavy (non-hydrogen) atoms. The Balaban J connectivity index is 2.62. The van der Waals surface area contributed by atoms with Gasteiger partial charge in [-0.2, -0.15) is 0 Å². The Labute approximate surface area is 102 Å². The van der Waals surface area contributed by atoms with Gasteiger partial charge in [0.15, 0.2) is 0 Å². The number of halogens is 1. The first-order chi connectivity index (χ1) is 7.13. The van der Waals surface area contributed by atoms with Crippen LogP contribution in [0.4, 0.5) is 0 Å². The molecule has 0 saturated carbocycles. The Morgan fingerprint density at radius 3 is 2.20 bits per heavy atom. The summed E-state index contributed by atoms with van der Waals surface area (Å²) in [5.41, 5.74) is 2.92. The largest absolute Gasteiger partial charge is 0.0893 e. The van der Waals surface area contributed by atoms with E-state index in [0.29, 0.717) is 10.7 Å². The lowest BCUT2D eigenvalue weighted by molar-refractivity contribution is 0.681. The molecule has 0 heterocycles. The second kappa shape index (κ2) is 6.32. The van der Waals surface area contributed by atoms with Gasteiger partial charge in [-0.15, -0.1) is 0 Å². The normalized spacial score (nSPS) is 14.9. The molecule has 1 rings (SSSR count). The molecule has 1 aromatic carbocycles. The quantitative estimate of drug-likeness (QED) is 0.666. The maximum absolute atomic E-state index is 3.61. The molecule has 0 fully saturated rings. The summed E-state index contributed by atoms with van der Waals surface area (Å²) in [5, 5.41) is 0. The van der Waals surface area contributed by atoms with Crippen LogP contribution in [0.2, 0.25) is 0 Å². The molecule has 0 spiro atoms. The van der Waals surface area contributed by atoms with E-state index in [0.717, 1.165) is 0 Å². The van der Waals surface area contributed by atoms with Gasteiger partial charge in [-0.05, 0) is 29.9 Å². The highest BCUT2D eigenvalue weighted by Crippen LogP contribution is 2.23. The fraction of sp³-hybridized carbons (Fsp3) is 0.571. The first kappa shape index (κ1) is 12.8. The summed E-state index contributed by atoms with van der Waals surface area (Å²) in [6.07, 6.45) is 3.63. The van der Waals surface area contributed by atoms with Crippen LogP contribution in [0.5, 0.6) is 0 Å². The zero-order chi connectivity index (χ0) is 11.3. The van der Waals surface area contributed by atoms with Gasteiger partial charge in [-0.1, -0.05) is 67.4 Å². The zero-order valence-corrected chi connectivity index (χ0v) is 11.5. The van der Waals surface area contributed by atoms with Gasteiger partial charge in [0.25, 0.3) is 0 Å². The molecule has 1 heteroatoms. The topological polar surface area (TPSA) is 0 Å². The fourth-order valence-electron chi connectivity index (χ4n) is 1.92. The molecule has 84 valence electrons. The van der Waals surface area contributed by atoms with Crippen molar-refractivity contribution in [2.75, 3.05) is 0 Å². The van der Waals surface area contributed by atoms with Gasteiger partial charge in [0, 0.05) is 4.83 Å². The molecule has 0 nitrogen and oxygen atoms in total. The number of benzene rings is 1. The van der Waals surface area contributed by atoms with Crippen LogP contribution in [0.25, 0.3) is 0 Å². The minimum Gasteiger partial charge on any atom is -0.0893 e. The number of aryl methyl sites for hydroxylation is 1. The van der Waals surface area contributed by atoms with Crippen molar-refractivity contribution in [2.45, 2.75) is 50.8 Å². The monoisotopic (exact) mass is 268 g/mol. The van der Waals surface area contributed by atoms with E-state index in [1.165, 1.54) is 30.4 Å². The average molecular weight is 269 g/mol. The predicted octanol–water partition coefficient (Wildman–Crippen LogP) is 4.92. The molecule has 0 aliphatic heterocycles. The van der Waals surface area contributed by atoms with Gasteiger partial charge in [0.05, 0.1) is 0 Å². The van der Waals surface area contributed by atoms with E-state index in [-0.39, 0.29) is 0 Å². The Hall–Kier alpha value is -0.300. The van der Waals surface area contributed by atoms with Crippen molar-refractivity contribution in [3.8, 4) is 0 Å². The van der Waals surface area contributed by atoms with Gasteiger partial charge in [-0.25, -0.2) is 0 Å². The molecule has 0 aliphatic carbocycles. The molecule has 0 amide bonds. The molecule has 0 saturated heterocycles. The van der Waals surface area contributed by atoms with Crippen LogP contribution >= 0.6 is 15.9 Å². The summed E-state index contributed by atoms with van der Waals surface area (Å²) >= 11 is 3.61. The minimum atomic E-state index is 0.600. The Morgan fingerprint density at radius 2 is 1.73 bits per heavy atom. The van der Waals surface area contributed by atoms with Crippen molar-refractivity contribution < 1.29 is 0 Å². The zero-order valence-electron chi connectivity index (χ0n) is 9.96. The number of rotatable bonds is 5. The Kier molecular flexibility index (Phi) is 5.38. The molecular weight excluding hydrogens is 248 g/mol. The fourth-order valence-corrected chi connectivity index (χ4v) is 2.49. The molecule has 0 N–H and O–H groups in total. The van der Waals surface area contributed by atoms with Crippen LogP contribution in [0, 0.1) is 0 Å². The number of hydrogen-bond donors (Lipinski definition) is 0. The second-order valence-corrected chi connectivity index (χ2v) is 5.97. The van der Waals surface area contributed by atoms with Crippen LogP contribution in [-0.4, -0.2) is 4.83 Å². The lowest BCUT2D eigenvalue weighted by Gasteiger charge is -2.13. The van der Waals surface area contributed by atoms with Gasteiger partial charge in [-0.3, -0.25) is 0 Å². The van der Waals surface area contributed by atoms with Gasteiger partial charge in [0.1, 0.15) is 0 Å². The Bertz CT molecular complexity index is 274. The van der Waals surface area contributed by atoms with E-state index in [2.05, 4.69) is 61.0 Å². The lowest BCUT2D eigenvalue weighted by Crippen LogP contribution is -2.00. The van der Waals surface area contributed by atoms with Crippen LogP contribution in [0.3, 0.4) is 0 Å². The van der Waals surface area contributed by atoms with Crippen LogP contribution in [0.1, 0.15) is 50.7 Å². The van der Waals surface area contributed by atoms with Crippen LogP contribution in [0.15, 0.2) is 24.3 Å². The van der Waals surface area contributed by atoms with E-state index in [4.69, 9.17) is 0 Å². The van der Waals surface area contributed by atoms with Crippen molar-refractivity contribution in [1.29, 1.82) is 0 Å². The molecule has 0 aliphatic rings. The molecule has 0 bridgehead atoms. The van der Waals surface area contributed by atoms with E-state index < -0.39 is 0 Å². The number of alkyl halides is 1. The second-order valence-electron chi connectivity index (χ2n) is 4.41. The first-order valence-electron chi connectivity index (χ1n) is 5.86. The standard InChI is InChI=1S/C14H21Br/c1-4-5-13-6-8-14(9-7-13)11(2)10-12(3)15/h6-9,11-12H,4-5,10H2,1-3H3. The highest BCUT2D eigenvalue weighted by atomic mass is 79.9. The predicted molar refractivity (Wildman–Crippen MR) is 71.9 cm³/mol. The van der Waals surface area contributed by atoms with E-state index in [1.807, 2.05) is 0 Å². The highest BCUT2D eigenvalue weighted by molar-refractivity contribution is 9.09. The van der Waals surface area contributed by atoms with Crippen LogP contribution < -0.4 is 0 Å². The molecule has 2 unspecified atom stereocenters. The van der Waals surface area contributed by atoms with E-state index in [9.17, 15) is 0 Å². The molecule has 0 aromatic heterocycles. The van der Waals surface area contributed by atoms with Gasteiger partial charge < -0.3 is 0 Å². The summed E-state index contributed by atoms with van der Waals surface area (Å²) < 4.78 is 0. The lowest BCUT2D eigenvalue weighted by atomic mass is 9.95. The summed E-state index contributed by atoms with van der Waals surface area (Å²) in [5.74, 6) is 0.648.